The van der Waals surface area contributed by atoms with Crippen LogP contribution in [0.5, 0.6) is 0 Å². The van der Waals surface area contributed by atoms with E-state index in [1.807, 2.05) is 24.7 Å². The molecule has 0 bridgehead atoms. The summed E-state index contributed by atoms with van der Waals surface area (Å²) in [6.45, 7) is 7.01. The largest absolute Gasteiger partial charge is 0.323 e. The number of thiazole rings is 1. The first-order valence-electron chi connectivity index (χ1n) is 5.81. The molecule has 2 N–H and O–H groups in total. The van der Waals surface area contributed by atoms with Crippen molar-refractivity contribution in [3.63, 3.8) is 0 Å². The predicted molar refractivity (Wildman–Crippen MR) is 70.1 cm³/mol. The minimum Gasteiger partial charge on any atom is -0.323 e. The Morgan fingerprint density at radius 3 is 2.76 bits per heavy atom. The first-order valence-corrected chi connectivity index (χ1v) is 6.62. The van der Waals surface area contributed by atoms with E-state index in [9.17, 15) is 0 Å². The van der Waals surface area contributed by atoms with E-state index in [1.165, 1.54) is 10.4 Å². The van der Waals surface area contributed by atoms with Crippen LogP contribution in [0.1, 0.15) is 34.1 Å². The van der Waals surface area contributed by atoms with Gasteiger partial charge in [-0.05, 0) is 32.8 Å². The highest BCUT2D eigenvalue weighted by atomic mass is 32.1. The molecule has 0 aromatic carbocycles. The second-order valence-electron chi connectivity index (χ2n) is 4.20. The van der Waals surface area contributed by atoms with Gasteiger partial charge >= 0.3 is 0 Å². The Balaban J connectivity index is 2.11. The third-order valence-electron chi connectivity index (χ3n) is 2.74. The van der Waals surface area contributed by atoms with E-state index in [0.29, 0.717) is 0 Å². The van der Waals surface area contributed by atoms with Gasteiger partial charge in [0, 0.05) is 23.7 Å². The quantitative estimate of drug-likeness (QED) is 0.905. The molecule has 0 fully saturated rings. The van der Waals surface area contributed by atoms with Gasteiger partial charge in [-0.25, -0.2) is 4.98 Å². The minimum atomic E-state index is 0.0238. The van der Waals surface area contributed by atoms with Crippen molar-refractivity contribution in [3.05, 3.63) is 33.5 Å². The zero-order valence-corrected chi connectivity index (χ0v) is 11.3. The Morgan fingerprint density at radius 1 is 1.47 bits per heavy atom. The molecule has 2 heterocycles. The molecular formula is C12H18N4S. The molecule has 2 aromatic heterocycles. The summed E-state index contributed by atoms with van der Waals surface area (Å²) in [5, 5.41) is 5.34. The van der Waals surface area contributed by atoms with E-state index in [0.717, 1.165) is 23.7 Å². The Kier molecular flexibility index (Phi) is 3.59. The molecule has 0 saturated carbocycles. The predicted octanol–water partition coefficient (Wildman–Crippen LogP) is 2.22. The fourth-order valence-electron chi connectivity index (χ4n) is 1.92. The van der Waals surface area contributed by atoms with Gasteiger partial charge in [0.2, 0.25) is 0 Å². The van der Waals surface area contributed by atoms with Gasteiger partial charge in [-0.15, -0.1) is 11.3 Å². The lowest BCUT2D eigenvalue weighted by atomic mass is 10.1. The first kappa shape index (κ1) is 12.3. The van der Waals surface area contributed by atoms with E-state index >= 15 is 0 Å². The van der Waals surface area contributed by atoms with Crippen molar-refractivity contribution in [1.82, 2.24) is 14.8 Å². The van der Waals surface area contributed by atoms with Crippen molar-refractivity contribution in [2.45, 2.75) is 39.8 Å². The summed E-state index contributed by atoms with van der Waals surface area (Å²) >= 11 is 1.69. The molecule has 0 amide bonds. The summed E-state index contributed by atoms with van der Waals surface area (Å²) in [6, 6.07) is 0.0238. The summed E-state index contributed by atoms with van der Waals surface area (Å²) in [5.74, 6) is 0. The number of aromatic nitrogens is 3. The molecule has 92 valence electrons. The van der Waals surface area contributed by atoms with Gasteiger partial charge in [-0.1, -0.05) is 0 Å². The normalized spacial score (nSPS) is 12.9. The second kappa shape index (κ2) is 4.98. The smallest absolute Gasteiger partial charge is 0.0900 e. The van der Waals surface area contributed by atoms with E-state index in [-0.39, 0.29) is 6.04 Å². The highest BCUT2D eigenvalue weighted by molar-refractivity contribution is 7.11. The van der Waals surface area contributed by atoms with Crippen LogP contribution in [0.15, 0.2) is 12.4 Å². The molecule has 0 radical (unpaired) electrons. The summed E-state index contributed by atoms with van der Waals surface area (Å²) < 4.78 is 1.92. The maximum atomic E-state index is 6.23. The molecule has 4 nitrogen and oxygen atoms in total. The maximum Gasteiger partial charge on any atom is 0.0900 e. The summed E-state index contributed by atoms with van der Waals surface area (Å²) in [5.41, 5.74) is 8.47. The molecule has 0 aliphatic carbocycles. The molecule has 1 unspecified atom stereocenters. The van der Waals surface area contributed by atoms with Gasteiger partial charge in [-0.3, -0.25) is 4.68 Å². The summed E-state index contributed by atoms with van der Waals surface area (Å²) in [6.07, 6.45) is 4.78. The van der Waals surface area contributed by atoms with Crippen LogP contribution in [-0.2, 0) is 13.0 Å². The van der Waals surface area contributed by atoms with Gasteiger partial charge in [-0.2, -0.15) is 5.10 Å². The lowest BCUT2D eigenvalue weighted by molar-refractivity contribution is 0.657. The number of aryl methyl sites for hydroxylation is 3. The Labute approximate surface area is 105 Å². The average Bonchev–Trinajstić information content (AvgIpc) is 2.85. The van der Waals surface area contributed by atoms with E-state index in [2.05, 4.69) is 23.2 Å². The van der Waals surface area contributed by atoms with Gasteiger partial charge < -0.3 is 5.73 Å². The average molecular weight is 250 g/mol. The Hall–Kier alpha value is -1.20. The molecule has 0 saturated heterocycles. The highest BCUT2D eigenvalue weighted by Crippen LogP contribution is 2.25. The molecule has 0 spiro atoms. The van der Waals surface area contributed by atoms with Crippen LogP contribution in [0.4, 0.5) is 0 Å². The fraction of sp³-hybridized carbons (Fsp3) is 0.500. The van der Waals surface area contributed by atoms with Crippen molar-refractivity contribution >= 4 is 11.3 Å². The number of nitrogens with zero attached hydrogens (tertiary/aromatic N) is 3. The number of rotatable bonds is 4. The zero-order valence-electron chi connectivity index (χ0n) is 10.5. The van der Waals surface area contributed by atoms with Crippen molar-refractivity contribution in [1.29, 1.82) is 0 Å². The molecule has 5 heteroatoms. The molecule has 2 rings (SSSR count). The van der Waals surface area contributed by atoms with Gasteiger partial charge in [0.25, 0.3) is 0 Å². The van der Waals surface area contributed by atoms with E-state index in [4.69, 9.17) is 5.73 Å². The lowest BCUT2D eigenvalue weighted by Gasteiger charge is -2.08. The maximum absolute atomic E-state index is 6.23. The Bertz CT molecular complexity index is 500. The monoisotopic (exact) mass is 250 g/mol. The van der Waals surface area contributed by atoms with Crippen molar-refractivity contribution in [2.75, 3.05) is 0 Å². The lowest BCUT2D eigenvalue weighted by Crippen LogP contribution is -2.12. The third kappa shape index (κ3) is 2.73. The van der Waals surface area contributed by atoms with Crippen LogP contribution in [0.2, 0.25) is 0 Å². The molecular weight excluding hydrogens is 232 g/mol. The van der Waals surface area contributed by atoms with Crippen LogP contribution in [0.3, 0.4) is 0 Å². The summed E-state index contributed by atoms with van der Waals surface area (Å²) in [7, 11) is 0. The third-order valence-corrected chi connectivity index (χ3v) is 3.95. The van der Waals surface area contributed by atoms with Crippen LogP contribution >= 0.6 is 11.3 Å². The van der Waals surface area contributed by atoms with Crippen LogP contribution in [-0.4, -0.2) is 14.8 Å². The van der Waals surface area contributed by atoms with Gasteiger partial charge in [0.1, 0.15) is 0 Å². The SMILES string of the molecule is CCn1cc(CC(N)c2sc(C)nc2C)cn1. The molecule has 17 heavy (non-hydrogen) atoms. The van der Waals surface area contributed by atoms with Crippen LogP contribution in [0, 0.1) is 13.8 Å². The molecule has 0 aliphatic heterocycles. The fourth-order valence-corrected chi connectivity index (χ4v) is 2.85. The highest BCUT2D eigenvalue weighted by Gasteiger charge is 2.14. The number of hydrogen-bond donors (Lipinski definition) is 1. The first-order chi connectivity index (χ1) is 8.10. The number of nitrogens with two attached hydrogens (primary N) is 1. The Morgan fingerprint density at radius 2 is 2.24 bits per heavy atom. The van der Waals surface area contributed by atoms with E-state index < -0.39 is 0 Å². The zero-order chi connectivity index (χ0) is 12.4. The van der Waals surface area contributed by atoms with Gasteiger partial charge in [0.05, 0.1) is 16.9 Å². The van der Waals surface area contributed by atoms with Crippen molar-refractivity contribution < 1.29 is 0 Å². The molecule has 1 atom stereocenters. The minimum absolute atomic E-state index is 0.0238. The van der Waals surface area contributed by atoms with Crippen LogP contribution < -0.4 is 5.73 Å². The molecule has 2 aromatic rings. The standard InChI is InChI=1S/C12H18N4S/c1-4-16-7-10(6-14-16)5-11(13)12-8(2)15-9(3)17-12/h6-7,11H,4-5,13H2,1-3H3. The van der Waals surface area contributed by atoms with Gasteiger partial charge in [0.15, 0.2) is 0 Å². The summed E-state index contributed by atoms with van der Waals surface area (Å²) in [4.78, 5) is 5.60. The van der Waals surface area contributed by atoms with Crippen molar-refractivity contribution in [3.8, 4) is 0 Å². The second-order valence-corrected chi connectivity index (χ2v) is 5.43. The number of hydrogen-bond acceptors (Lipinski definition) is 4. The van der Waals surface area contributed by atoms with Crippen molar-refractivity contribution in [2.24, 2.45) is 5.73 Å². The van der Waals surface area contributed by atoms with Crippen LogP contribution in [0.25, 0.3) is 0 Å². The molecule has 0 aliphatic rings. The topological polar surface area (TPSA) is 56.7 Å². The van der Waals surface area contributed by atoms with E-state index in [1.54, 1.807) is 11.3 Å².